The molecule has 0 aromatic heterocycles. The standard InChI is InChI=1S/C15H20ClN3O2/c1-9(2)13-14(20)17-7-8-19(13)15(21)18-11-6-4-5-10(3)12(11)16/h4-6,9,13H,7-8H2,1-3H3,(H,17,20)(H,18,21)/t13-/m1/s1. The molecular weight excluding hydrogens is 290 g/mol. The largest absolute Gasteiger partial charge is 0.353 e. The van der Waals surface area contributed by atoms with Crippen molar-refractivity contribution in [2.45, 2.75) is 26.8 Å². The first-order valence-electron chi connectivity index (χ1n) is 7.02. The van der Waals surface area contributed by atoms with Crippen LogP contribution in [0.15, 0.2) is 18.2 Å². The van der Waals surface area contributed by atoms with Crippen molar-refractivity contribution in [2.75, 3.05) is 18.4 Å². The lowest BCUT2D eigenvalue weighted by atomic mass is 10.00. The lowest BCUT2D eigenvalue weighted by Crippen LogP contribution is -2.60. The molecule has 1 aromatic carbocycles. The van der Waals surface area contributed by atoms with Crippen molar-refractivity contribution >= 4 is 29.2 Å². The van der Waals surface area contributed by atoms with Crippen molar-refractivity contribution in [3.05, 3.63) is 28.8 Å². The molecule has 0 bridgehead atoms. The lowest BCUT2D eigenvalue weighted by molar-refractivity contribution is -0.129. The van der Waals surface area contributed by atoms with Crippen molar-refractivity contribution < 1.29 is 9.59 Å². The molecule has 1 aliphatic rings. The van der Waals surface area contributed by atoms with Gasteiger partial charge in [0.15, 0.2) is 0 Å². The summed E-state index contributed by atoms with van der Waals surface area (Å²) in [6.45, 7) is 6.69. The molecule has 0 spiro atoms. The highest BCUT2D eigenvalue weighted by Crippen LogP contribution is 2.26. The predicted octanol–water partition coefficient (Wildman–Crippen LogP) is 2.64. The first-order valence-corrected chi connectivity index (χ1v) is 7.40. The van der Waals surface area contributed by atoms with Crippen LogP contribution >= 0.6 is 11.6 Å². The topological polar surface area (TPSA) is 61.4 Å². The molecule has 1 aromatic rings. The number of amides is 3. The van der Waals surface area contributed by atoms with Gasteiger partial charge >= 0.3 is 6.03 Å². The Kier molecular flexibility index (Phi) is 4.73. The summed E-state index contributed by atoms with van der Waals surface area (Å²) in [5.74, 6) is -0.0641. The molecule has 2 N–H and O–H groups in total. The van der Waals surface area contributed by atoms with Crippen LogP contribution in [-0.4, -0.2) is 36.0 Å². The maximum atomic E-state index is 12.5. The third-order valence-corrected chi connectivity index (χ3v) is 4.08. The highest BCUT2D eigenvalue weighted by molar-refractivity contribution is 6.34. The molecule has 21 heavy (non-hydrogen) atoms. The van der Waals surface area contributed by atoms with Crippen molar-refractivity contribution in [3.63, 3.8) is 0 Å². The Bertz CT molecular complexity index is 560. The van der Waals surface area contributed by atoms with Crippen LogP contribution < -0.4 is 10.6 Å². The number of hydrogen-bond donors (Lipinski definition) is 2. The number of nitrogens with one attached hydrogen (secondary N) is 2. The second kappa shape index (κ2) is 6.35. The number of nitrogens with zero attached hydrogens (tertiary/aromatic N) is 1. The highest BCUT2D eigenvalue weighted by Gasteiger charge is 2.35. The Hall–Kier alpha value is -1.75. The van der Waals surface area contributed by atoms with Gasteiger partial charge in [0, 0.05) is 13.1 Å². The molecule has 2 rings (SSSR count). The van der Waals surface area contributed by atoms with Gasteiger partial charge in [0.2, 0.25) is 5.91 Å². The average molecular weight is 310 g/mol. The molecular formula is C15H20ClN3O2. The summed E-state index contributed by atoms with van der Waals surface area (Å²) >= 11 is 6.19. The fraction of sp³-hybridized carbons (Fsp3) is 0.467. The number of carbonyl (C=O) groups is 2. The van der Waals surface area contributed by atoms with Gasteiger partial charge in [-0.2, -0.15) is 0 Å². The predicted molar refractivity (Wildman–Crippen MR) is 83.5 cm³/mol. The van der Waals surface area contributed by atoms with Gasteiger partial charge in [-0.25, -0.2) is 4.79 Å². The van der Waals surface area contributed by atoms with E-state index in [0.29, 0.717) is 23.8 Å². The monoisotopic (exact) mass is 309 g/mol. The van der Waals surface area contributed by atoms with Crippen LogP contribution in [0.5, 0.6) is 0 Å². The van der Waals surface area contributed by atoms with Crippen LogP contribution in [-0.2, 0) is 4.79 Å². The molecule has 114 valence electrons. The van der Waals surface area contributed by atoms with E-state index in [9.17, 15) is 9.59 Å². The molecule has 1 fully saturated rings. The third kappa shape index (κ3) is 3.29. The lowest BCUT2D eigenvalue weighted by Gasteiger charge is -2.37. The molecule has 1 aliphatic heterocycles. The molecule has 0 saturated carbocycles. The summed E-state index contributed by atoms with van der Waals surface area (Å²) in [6, 6.07) is 4.71. The fourth-order valence-corrected chi connectivity index (χ4v) is 2.68. The van der Waals surface area contributed by atoms with Crippen LogP contribution in [0.4, 0.5) is 10.5 Å². The van der Waals surface area contributed by atoms with Gasteiger partial charge in [-0.1, -0.05) is 37.6 Å². The summed E-state index contributed by atoms with van der Waals surface area (Å²) in [6.07, 6.45) is 0. The van der Waals surface area contributed by atoms with E-state index in [-0.39, 0.29) is 17.9 Å². The van der Waals surface area contributed by atoms with Gasteiger partial charge in [0.05, 0.1) is 10.7 Å². The fourth-order valence-electron chi connectivity index (χ4n) is 2.51. The Balaban J connectivity index is 2.18. The number of urea groups is 1. The Labute approximate surface area is 129 Å². The van der Waals surface area contributed by atoms with Gasteiger partial charge in [-0.05, 0) is 24.5 Å². The molecule has 6 heteroatoms. The smallest absolute Gasteiger partial charge is 0.322 e. The molecule has 0 radical (unpaired) electrons. The Morgan fingerprint density at radius 3 is 2.86 bits per heavy atom. The van der Waals surface area contributed by atoms with E-state index in [2.05, 4.69) is 10.6 Å². The minimum absolute atomic E-state index is 0.0454. The van der Waals surface area contributed by atoms with Crippen LogP contribution in [0.25, 0.3) is 0 Å². The van der Waals surface area contributed by atoms with Crippen LogP contribution in [0.3, 0.4) is 0 Å². The van der Waals surface area contributed by atoms with Gasteiger partial charge in [0.25, 0.3) is 0 Å². The van der Waals surface area contributed by atoms with Gasteiger partial charge in [-0.3, -0.25) is 4.79 Å². The Morgan fingerprint density at radius 2 is 2.19 bits per heavy atom. The number of carbonyl (C=O) groups excluding carboxylic acids is 2. The highest BCUT2D eigenvalue weighted by atomic mass is 35.5. The normalized spacial score (nSPS) is 18.6. The quantitative estimate of drug-likeness (QED) is 0.882. The van der Waals surface area contributed by atoms with Crippen LogP contribution in [0.2, 0.25) is 5.02 Å². The van der Waals surface area contributed by atoms with Gasteiger partial charge < -0.3 is 15.5 Å². The number of benzene rings is 1. The second-order valence-electron chi connectivity index (χ2n) is 5.54. The number of piperazine rings is 1. The number of aryl methyl sites for hydroxylation is 1. The van der Waals surface area contributed by atoms with Gasteiger partial charge in [-0.15, -0.1) is 0 Å². The average Bonchev–Trinajstić information content (AvgIpc) is 2.43. The minimum atomic E-state index is -0.456. The van der Waals surface area contributed by atoms with E-state index in [0.717, 1.165) is 5.56 Å². The van der Waals surface area contributed by atoms with Crippen LogP contribution in [0, 0.1) is 12.8 Å². The van der Waals surface area contributed by atoms with E-state index in [1.54, 1.807) is 11.0 Å². The summed E-state index contributed by atoms with van der Waals surface area (Å²) in [4.78, 5) is 26.0. The maximum Gasteiger partial charge on any atom is 0.322 e. The van der Waals surface area contributed by atoms with Crippen molar-refractivity contribution in [2.24, 2.45) is 5.92 Å². The first-order chi connectivity index (χ1) is 9.91. The Morgan fingerprint density at radius 1 is 1.48 bits per heavy atom. The summed E-state index contributed by atoms with van der Waals surface area (Å²) in [5.41, 5.74) is 1.46. The SMILES string of the molecule is Cc1cccc(NC(=O)N2CCNC(=O)[C@H]2C(C)C)c1Cl. The molecule has 0 unspecified atom stereocenters. The number of hydrogen-bond acceptors (Lipinski definition) is 2. The molecule has 3 amide bonds. The van der Waals surface area contributed by atoms with Crippen molar-refractivity contribution in [1.29, 1.82) is 0 Å². The summed E-state index contributed by atoms with van der Waals surface area (Å²) in [5, 5.41) is 6.12. The molecule has 1 atom stereocenters. The summed E-state index contributed by atoms with van der Waals surface area (Å²) < 4.78 is 0. The van der Waals surface area contributed by atoms with E-state index in [4.69, 9.17) is 11.6 Å². The number of halogens is 1. The van der Waals surface area contributed by atoms with E-state index >= 15 is 0 Å². The zero-order valence-corrected chi connectivity index (χ0v) is 13.2. The van der Waals surface area contributed by atoms with Crippen LogP contribution in [0.1, 0.15) is 19.4 Å². The van der Waals surface area contributed by atoms with Gasteiger partial charge in [0.1, 0.15) is 6.04 Å². The van der Waals surface area contributed by atoms with E-state index in [1.165, 1.54) is 0 Å². The van der Waals surface area contributed by atoms with Crippen molar-refractivity contribution in [3.8, 4) is 0 Å². The molecule has 1 saturated heterocycles. The van der Waals surface area contributed by atoms with E-state index in [1.807, 2.05) is 32.9 Å². The third-order valence-electron chi connectivity index (χ3n) is 3.58. The second-order valence-corrected chi connectivity index (χ2v) is 5.92. The van der Waals surface area contributed by atoms with Crippen molar-refractivity contribution in [1.82, 2.24) is 10.2 Å². The zero-order chi connectivity index (χ0) is 15.6. The number of anilines is 1. The molecule has 1 heterocycles. The van der Waals surface area contributed by atoms with E-state index < -0.39 is 6.04 Å². The molecule has 5 nitrogen and oxygen atoms in total. The zero-order valence-electron chi connectivity index (χ0n) is 12.4. The minimum Gasteiger partial charge on any atom is -0.353 e. The molecule has 0 aliphatic carbocycles. The number of rotatable bonds is 2. The maximum absolute atomic E-state index is 12.5. The first kappa shape index (κ1) is 15.6. The summed E-state index contributed by atoms with van der Waals surface area (Å²) in [7, 11) is 0.